The Morgan fingerprint density at radius 1 is 1.53 bits per heavy atom. The summed E-state index contributed by atoms with van der Waals surface area (Å²) >= 11 is 0. The van der Waals surface area contributed by atoms with Gasteiger partial charge in [-0.25, -0.2) is 0 Å². The molecule has 0 radical (unpaired) electrons. The molecule has 2 rings (SSSR count). The van der Waals surface area contributed by atoms with Gasteiger partial charge in [-0.2, -0.15) is 5.10 Å². The van der Waals surface area contributed by atoms with Crippen molar-refractivity contribution in [3.63, 3.8) is 0 Å². The van der Waals surface area contributed by atoms with Gasteiger partial charge < -0.3 is 10.0 Å². The van der Waals surface area contributed by atoms with Gasteiger partial charge in [0.1, 0.15) is 5.75 Å². The zero-order valence-corrected chi connectivity index (χ0v) is 9.42. The van der Waals surface area contributed by atoms with E-state index in [0.717, 1.165) is 0 Å². The van der Waals surface area contributed by atoms with Crippen LogP contribution in [-0.2, 0) is 0 Å². The molecule has 0 saturated heterocycles. The summed E-state index contributed by atoms with van der Waals surface area (Å²) in [6.07, 6.45) is 3.03. The van der Waals surface area contributed by atoms with Crippen LogP contribution < -0.4 is 4.90 Å². The number of benzene rings is 1. The Labute approximate surface area is 98.7 Å². The summed E-state index contributed by atoms with van der Waals surface area (Å²) in [6.45, 7) is 2.40. The van der Waals surface area contributed by atoms with E-state index in [9.17, 15) is 9.90 Å². The Hall–Kier alpha value is -2.30. The second-order valence-electron chi connectivity index (χ2n) is 3.56. The SMILES string of the molecule is CCN(C(=O)c1cn[nH]c1)c1cccc(O)c1. The van der Waals surface area contributed by atoms with Crippen LogP contribution in [-0.4, -0.2) is 27.8 Å². The van der Waals surface area contributed by atoms with Gasteiger partial charge in [0.2, 0.25) is 0 Å². The molecule has 0 aliphatic heterocycles. The lowest BCUT2D eigenvalue weighted by molar-refractivity contribution is 0.0988. The van der Waals surface area contributed by atoms with Crippen molar-refractivity contribution >= 4 is 11.6 Å². The molecule has 0 spiro atoms. The van der Waals surface area contributed by atoms with Crippen LogP contribution in [0.4, 0.5) is 5.69 Å². The van der Waals surface area contributed by atoms with E-state index in [1.807, 2.05) is 6.92 Å². The number of hydrogen-bond acceptors (Lipinski definition) is 3. The molecular weight excluding hydrogens is 218 g/mol. The van der Waals surface area contributed by atoms with Crippen LogP contribution in [0.25, 0.3) is 0 Å². The van der Waals surface area contributed by atoms with Gasteiger partial charge in [0.25, 0.3) is 5.91 Å². The minimum Gasteiger partial charge on any atom is -0.508 e. The van der Waals surface area contributed by atoms with Gasteiger partial charge >= 0.3 is 0 Å². The molecule has 0 atom stereocenters. The Balaban J connectivity index is 2.31. The predicted octanol–water partition coefficient (Wildman–Crippen LogP) is 1.78. The largest absolute Gasteiger partial charge is 0.508 e. The van der Waals surface area contributed by atoms with Gasteiger partial charge in [-0.1, -0.05) is 6.07 Å². The number of amides is 1. The first-order valence-electron chi connectivity index (χ1n) is 5.32. The van der Waals surface area contributed by atoms with Gasteiger partial charge in [-0.15, -0.1) is 0 Å². The molecule has 5 nitrogen and oxygen atoms in total. The first-order valence-corrected chi connectivity index (χ1v) is 5.32. The molecule has 2 N–H and O–H groups in total. The molecular formula is C12H13N3O2. The standard InChI is InChI=1S/C12H13N3O2/c1-2-15(10-4-3-5-11(16)6-10)12(17)9-7-13-14-8-9/h3-8,16H,2H2,1H3,(H,13,14). The van der Waals surface area contributed by atoms with E-state index in [-0.39, 0.29) is 11.7 Å². The molecule has 88 valence electrons. The van der Waals surface area contributed by atoms with Gasteiger partial charge in [0.05, 0.1) is 11.8 Å². The summed E-state index contributed by atoms with van der Waals surface area (Å²) < 4.78 is 0. The van der Waals surface area contributed by atoms with Crippen LogP contribution in [0.2, 0.25) is 0 Å². The van der Waals surface area contributed by atoms with E-state index in [2.05, 4.69) is 10.2 Å². The van der Waals surface area contributed by atoms with E-state index < -0.39 is 0 Å². The normalized spacial score (nSPS) is 10.2. The molecule has 1 aromatic carbocycles. The second kappa shape index (κ2) is 4.69. The monoisotopic (exact) mass is 231 g/mol. The molecule has 0 saturated carbocycles. The Kier molecular flexibility index (Phi) is 3.09. The summed E-state index contributed by atoms with van der Waals surface area (Å²) in [7, 11) is 0. The average Bonchev–Trinajstić information content (AvgIpc) is 2.83. The maximum Gasteiger partial charge on any atom is 0.261 e. The highest BCUT2D eigenvalue weighted by molar-refractivity contribution is 6.05. The third-order valence-electron chi connectivity index (χ3n) is 2.45. The summed E-state index contributed by atoms with van der Waals surface area (Å²) in [5.74, 6) is -0.00667. The predicted molar refractivity (Wildman–Crippen MR) is 64.0 cm³/mol. The summed E-state index contributed by atoms with van der Waals surface area (Å²) in [6, 6.07) is 6.61. The van der Waals surface area contributed by atoms with Gasteiger partial charge in [0, 0.05) is 24.5 Å². The molecule has 0 unspecified atom stereocenters. The third kappa shape index (κ3) is 2.28. The first kappa shape index (κ1) is 11.2. The zero-order chi connectivity index (χ0) is 12.3. The molecule has 1 heterocycles. The van der Waals surface area contributed by atoms with Crippen LogP contribution in [0.15, 0.2) is 36.7 Å². The van der Waals surface area contributed by atoms with Crippen molar-refractivity contribution in [1.29, 1.82) is 0 Å². The molecule has 17 heavy (non-hydrogen) atoms. The minimum absolute atomic E-state index is 0.140. The Morgan fingerprint density at radius 3 is 2.94 bits per heavy atom. The number of H-pyrrole nitrogens is 1. The number of carbonyl (C=O) groups excluding carboxylic acids is 1. The number of anilines is 1. The van der Waals surface area contributed by atoms with Crippen molar-refractivity contribution < 1.29 is 9.90 Å². The number of phenolic OH excluding ortho intramolecular Hbond substituents is 1. The average molecular weight is 231 g/mol. The van der Waals surface area contributed by atoms with Gasteiger partial charge in [0.15, 0.2) is 0 Å². The summed E-state index contributed by atoms with van der Waals surface area (Å²) in [4.78, 5) is 13.7. The van der Waals surface area contributed by atoms with E-state index in [4.69, 9.17) is 0 Å². The minimum atomic E-state index is -0.146. The van der Waals surface area contributed by atoms with Crippen molar-refractivity contribution in [2.75, 3.05) is 11.4 Å². The Bertz CT molecular complexity index is 508. The molecule has 5 heteroatoms. The van der Waals surface area contributed by atoms with Crippen LogP contribution >= 0.6 is 0 Å². The van der Waals surface area contributed by atoms with Crippen molar-refractivity contribution in [3.8, 4) is 5.75 Å². The van der Waals surface area contributed by atoms with Crippen LogP contribution in [0.5, 0.6) is 5.75 Å². The topological polar surface area (TPSA) is 69.2 Å². The maximum absolute atomic E-state index is 12.1. The number of nitrogens with one attached hydrogen (secondary N) is 1. The molecule has 2 aromatic rings. The van der Waals surface area contributed by atoms with Gasteiger partial charge in [-0.05, 0) is 19.1 Å². The lowest BCUT2D eigenvalue weighted by Crippen LogP contribution is -2.30. The number of aromatic amines is 1. The van der Waals surface area contributed by atoms with E-state index in [1.54, 1.807) is 35.4 Å². The Morgan fingerprint density at radius 2 is 2.35 bits per heavy atom. The first-order chi connectivity index (χ1) is 8.22. The molecule has 1 amide bonds. The highest BCUT2D eigenvalue weighted by atomic mass is 16.3. The zero-order valence-electron chi connectivity index (χ0n) is 9.42. The number of rotatable bonds is 3. The maximum atomic E-state index is 12.1. The molecule has 0 aliphatic carbocycles. The van der Waals surface area contributed by atoms with Crippen molar-refractivity contribution in [3.05, 3.63) is 42.2 Å². The fraction of sp³-hybridized carbons (Fsp3) is 0.167. The van der Waals surface area contributed by atoms with E-state index >= 15 is 0 Å². The van der Waals surface area contributed by atoms with Crippen molar-refractivity contribution in [1.82, 2.24) is 10.2 Å². The quantitative estimate of drug-likeness (QED) is 0.846. The summed E-state index contributed by atoms with van der Waals surface area (Å²) in [5, 5.41) is 15.8. The highest BCUT2D eigenvalue weighted by Crippen LogP contribution is 2.21. The number of nitrogens with zero attached hydrogens (tertiary/aromatic N) is 2. The number of phenols is 1. The molecule has 1 aromatic heterocycles. The fourth-order valence-corrected chi connectivity index (χ4v) is 1.63. The second-order valence-corrected chi connectivity index (χ2v) is 3.56. The number of aromatic hydroxyl groups is 1. The highest BCUT2D eigenvalue weighted by Gasteiger charge is 2.16. The number of carbonyl (C=O) groups is 1. The van der Waals surface area contributed by atoms with Crippen LogP contribution in [0, 0.1) is 0 Å². The lowest BCUT2D eigenvalue weighted by atomic mass is 10.2. The smallest absolute Gasteiger partial charge is 0.261 e. The summed E-state index contributed by atoms with van der Waals surface area (Å²) in [5.41, 5.74) is 1.16. The van der Waals surface area contributed by atoms with Gasteiger partial charge in [-0.3, -0.25) is 9.89 Å². The van der Waals surface area contributed by atoms with Crippen LogP contribution in [0.1, 0.15) is 17.3 Å². The van der Waals surface area contributed by atoms with Crippen molar-refractivity contribution in [2.45, 2.75) is 6.92 Å². The lowest BCUT2D eigenvalue weighted by Gasteiger charge is -2.20. The molecule has 0 bridgehead atoms. The molecule has 0 fully saturated rings. The van der Waals surface area contributed by atoms with Crippen LogP contribution in [0.3, 0.4) is 0 Å². The molecule has 0 aliphatic rings. The van der Waals surface area contributed by atoms with E-state index in [0.29, 0.717) is 17.8 Å². The van der Waals surface area contributed by atoms with E-state index in [1.165, 1.54) is 6.20 Å². The van der Waals surface area contributed by atoms with Crippen molar-refractivity contribution in [2.24, 2.45) is 0 Å². The third-order valence-corrected chi connectivity index (χ3v) is 2.45. The number of aromatic nitrogens is 2. The number of hydrogen-bond donors (Lipinski definition) is 2. The fourth-order valence-electron chi connectivity index (χ4n) is 1.63.